The number of aromatic nitrogens is 2. The van der Waals surface area contributed by atoms with Crippen molar-refractivity contribution in [2.24, 2.45) is 0 Å². The lowest BCUT2D eigenvalue weighted by Crippen LogP contribution is -2.13. The molecule has 0 unspecified atom stereocenters. The molecule has 1 heterocycles. The summed E-state index contributed by atoms with van der Waals surface area (Å²) in [6, 6.07) is 11.1. The number of imidazole rings is 1. The first-order valence-corrected chi connectivity index (χ1v) is 6.98. The number of alkyl halides is 3. The first-order chi connectivity index (χ1) is 11.4. The van der Waals surface area contributed by atoms with Gasteiger partial charge in [0, 0.05) is 23.5 Å². The lowest BCUT2D eigenvalue weighted by atomic mass is 9.99. The van der Waals surface area contributed by atoms with Gasteiger partial charge in [0.1, 0.15) is 0 Å². The number of ketones is 1. The van der Waals surface area contributed by atoms with E-state index in [1.165, 1.54) is 23.0 Å². The van der Waals surface area contributed by atoms with Gasteiger partial charge in [-0.1, -0.05) is 30.3 Å². The zero-order chi connectivity index (χ0) is 17.3. The molecule has 0 amide bonds. The van der Waals surface area contributed by atoms with E-state index in [4.69, 9.17) is 5.73 Å². The molecule has 7 heteroatoms. The molecule has 3 aromatic rings. The Morgan fingerprint density at radius 3 is 2.38 bits per heavy atom. The molecule has 0 aliphatic heterocycles. The van der Waals surface area contributed by atoms with E-state index in [1.54, 1.807) is 30.3 Å². The third-order valence-corrected chi connectivity index (χ3v) is 3.53. The van der Waals surface area contributed by atoms with Crippen LogP contribution in [0.2, 0.25) is 0 Å². The number of nitrogens with two attached hydrogens (primary N) is 1. The number of carbonyl (C=O) groups excluding carboxylic acids is 1. The fourth-order valence-corrected chi connectivity index (χ4v) is 2.37. The molecule has 122 valence electrons. The van der Waals surface area contributed by atoms with Crippen LogP contribution < -0.4 is 5.73 Å². The quantitative estimate of drug-likeness (QED) is 0.744. The largest absolute Gasteiger partial charge is 0.416 e. The van der Waals surface area contributed by atoms with Crippen molar-refractivity contribution in [3.05, 3.63) is 77.6 Å². The summed E-state index contributed by atoms with van der Waals surface area (Å²) in [5.74, 6) is -0.443. The highest BCUT2D eigenvalue weighted by Crippen LogP contribution is 2.32. The van der Waals surface area contributed by atoms with E-state index in [2.05, 4.69) is 4.98 Å². The number of nitrogens with zero attached hydrogens (tertiary/aromatic N) is 2. The van der Waals surface area contributed by atoms with E-state index in [1.807, 2.05) is 0 Å². The molecule has 0 saturated carbocycles. The Hall–Kier alpha value is -3.09. The van der Waals surface area contributed by atoms with Crippen molar-refractivity contribution < 1.29 is 18.0 Å². The van der Waals surface area contributed by atoms with E-state index in [0.717, 1.165) is 12.1 Å². The third kappa shape index (κ3) is 2.88. The van der Waals surface area contributed by atoms with Crippen LogP contribution in [-0.4, -0.2) is 15.3 Å². The fraction of sp³-hybridized carbons (Fsp3) is 0.0588. The second-order valence-corrected chi connectivity index (χ2v) is 5.08. The Kier molecular flexibility index (Phi) is 3.84. The van der Waals surface area contributed by atoms with Crippen LogP contribution in [0.3, 0.4) is 0 Å². The van der Waals surface area contributed by atoms with Crippen molar-refractivity contribution in [1.29, 1.82) is 0 Å². The number of halogens is 3. The maximum atomic E-state index is 13.0. The smallest absolute Gasteiger partial charge is 0.369 e. The minimum Gasteiger partial charge on any atom is -0.369 e. The molecule has 2 N–H and O–H groups in total. The maximum absolute atomic E-state index is 13.0. The molecule has 0 atom stereocenters. The van der Waals surface area contributed by atoms with Crippen LogP contribution >= 0.6 is 0 Å². The number of anilines is 1. The molecular weight excluding hydrogens is 319 g/mol. The van der Waals surface area contributed by atoms with Crippen LogP contribution in [0.4, 0.5) is 19.1 Å². The molecule has 0 aliphatic rings. The summed E-state index contributed by atoms with van der Waals surface area (Å²) < 4.78 is 40.5. The molecule has 2 aromatic carbocycles. The van der Waals surface area contributed by atoms with Gasteiger partial charge >= 0.3 is 6.18 Å². The normalized spacial score (nSPS) is 11.5. The molecule has 0 bridgehead atoms. The second kappa shape index (κ2) is 5.84. The predicted octanol–water partition coefficient (Wildman–Crippen LogP) is 3.70. The zero-order valence-corrected chi connectivity index (χ0v) is 12.3. The van der Waals surface area contributed by atoms with Gasteiger partial charge < -0.3 is 5.73 Å². The highest BCUT2D eigenvalue weighted by molar-refractivity contribution is 6.11. The molecule has 1 aromatic heterocycles. The monoisotopic (exact) mass is 331 g/mol. The lowest BCUT2D eigenvalue weighted by Gasteiger charge is -2.14. The molecule has 0 spiro atoms. The second-order valence-electron chi connectivity index (χ2n) is 5.08. The van der Waals surface area contributed by atoms with E-state index in [9.17, 15) is 18.0 Å². The Morgan fingerprint density at radius 2 is 1.79 bits per heavy atom. The zero-order valence-electron chi connectivity index (χ0n) is 12.3. The summed E-state index contributed by atoms with van der Waals surface area (Å²) in [7, 11) is 0. The van der Waals surface area contributed by atoms with Gasteiger partial charge in [-0.25, -0.2) is 4.98 Å². The van der Waals surface area contributed by atoms with Crippen molar-refractivity contribution in [3.8, 4) is 5.69 Å². The van der Waals surface area contributed by atoms with Crippen LogP contribution in [0.15, 0.2) is 60.9 Å². The van der Waals surface area contributed by atoms with Gasteiger partial charge in [-0.05, 0) is 18.2 Å². The summed E-state index contributed by atoms with van der Waals surface area (Å²) in [4.78, 5) is 16.6. The molecule has 0 radical (unpaired) electrons. The molecule has 0 aliphatic carbocycles. The van der Waals surface area contributed by atoms with Crippen LogP contribution in [-0.2, 0) is 6.18 Å². The van der Waals surface area contributed by atoms with Gasteiger partial charge in [0.2, 0.25) is 5.95 Å². The van der Waals surface area contributed by atoms with E-state index in [0.29, 0.717) is 0 Å². The average Bonchev–Trinajstić information content (AvgIpc) is 2.99. The number of nitrogen functional groups attached to an aromatic ring is 1. The first-order valence-electron chi connectivity index (χ1n) is 6.98. The highest BCUT2D eigenvalue weighted by Gasteiger charge is 2.32. The van der Waals surface area contributed by atoms with Crippen LogP contribution in [0.1, 0.15) is 21.5 Å². The number of benzene rings is 2. The van der Waals surface area contributed by atoms with Gasteiger partial charge in [0.25, 0.3) is 0 Å². The van der Waals surface area contributed by atoms with Crippen molar-refractivity contribution >= 4 is 11.7 Å². The Labute approximate surface area is 135 Å². The van der Waals surface area contributed by atoms with Gasteiger partial charge in [0.15, 0.2) is 5.78 Å². The number of hydrogen-bond donors (Lipinski definition) is 1. The molecule has 0 saturated heterocycles. The minimum absolute atomic E-state index is 0.0804. The SMILES string of the molecule is Nc1nccn1-c1ccc(C(F)(F)F)cc1C(=O)c1ccccc1. The van der Waals surface area contributed by atoms with Gasteiger partial charge in [-0.3, -0.25) is 9.36 Å². The van der Waals surface area contributed by atoms with Gasteiger partial charge in [0.05, 0.1) is 11.3 Å². The van der Waals surface area contributed by atoms with Gasteiger partial charge in [-0.15, -0.1) is 0 Å². The Morgan fingerprint density at radius 1 is 1.08 bits per heavy atom. The van der Waals surface area contributed by atoms with Gasteiger partial charge in [-0.2, -0.15) is 13.2 Å². The van der Waals surface area contributed by atoms with Crippen LogP contribution in [0.5, 0.6) is 0 Å². The maximum Gasteiger partial charge on any atom is 0.416 e. The molecular formula is C17H12F3N3O. The molecule has 24 heavy (non-hydrogen) atoms. The van der Waals surface area contributed by atoms with Crippen molar-refractivity contribution in [2.75, 3.05) is 5.73 Å². The van der Waals surface area contributed by atoms with Crippen molar-refractivity contribution in [2.45, 2.75) is 6.18 Å². The van der Waals surface area contributed by atoms with E-state index < -0.39 is 17.5 Å². The summed E-state index contributed by atoms with van der Waals surface area (Å²) in [6.45, 7) is 0. The topological polar surface area (TPSA) is 60.9 Å². The third-order valence-electron chi connectivity index (χ3n) is 3.53. The fourth-order valence-electron chi connectivity index (χ4n) is 2.37. The lowest BCUT2D eigenvalue weighted by molar-refractivity contribution is -0.137. The van der Waals surface area contributed by atoms with Crippen molar-refractivity contribution in [1.82, 2.24) is 9.55 Å². The molecule has 4 nitrogen and oxygen atoms in total. The number of rotatable bonds is 3. The molecule has 0 fully saturated rings. The summed E-state index contributed by atoms with van der Waals surface area (Å²) in [6.07, 6.45) is -1.66. The minimum atomic E-state index is -4.55. The molecule has 3 rings (SSSR count). The van der Waals surface area contributed by atoms with E-state index in [-0.39, 0.29) is 22.8 Å². The van der Waals surface area contributed by atoms with Crippen LogP contribution in [0, 0.1) is 0 Å². The highest BCUT2D eigenvalue weighted by atomic mass is 19.4. The predicted molar refractivity (Wildman–Crippen MR) is 82.9 cm³/mol. The standard InChI is InChI=1S/C17H12F3N3O/c18-17(19,20)12-6-7-14(23-9-8-22-16(23)21)13(10-12)15(24)11-4-2-1-3-5-11/h1-10H,(H2,21,22). The Bertz CT molecular complexity index is 886. The van der Waals surface area contributed by atoms with Crippen LogP contribution in [0.25, 0.3) is 5.69 Å². The Balaban J connectivity index is 2.20. The summed E-state index contributed by atoms with van der Waals surface area (Å²) in [5.41, 5.74) is 5.26. The summed E-state index contributed by atoms with van der Waals surface area (Å²) >= 11 is 0. The number of hydrogen-bond acceptors (Lipinski definition) is 3. The number of carbonyl (C=O) groups is 1. The average molecular weight is 331 g/mol. The summed E-state index contributed by atoms with van der Waals surface area (Å²) in [5, 5.41) is 0. The first kappa shape index (κ1) is 15.8. The van der Waals surface area contributed by atoms with Crippen molar-refractivity contribution in [3.63, 3.8) is 0 Å². The van der Waals surface area contributed by atoms with E-state index >= 15 is 0 Å².